The standard InChI is InChI=1S/C5H5IN2O2/c1-8-4(9)3(2-6)7-5(8)10/h2H2,1H3. The topological polar surface area (TPSA) is 49.7 Å². The molecule has 0 N–H and O–H groups in total. The highest BCUT2D eigenvalue weighted by atomic mass is 127. The predicted octanol–water partition coefficient (Wildman–Crippen LogP) is 0.454. The smallest absolute Gasteiger partial charge is 0.267 e. The lowest BCUT2D eigenvalue weighted by Gasteiger charge is -2.01. The summed E-state index contributed by atoms with van der Waals surface area (Å²) in [5.41, 5.74) is 0.341. The van der Waals surface area contributed by atoms with Crippen molar-refractivity contribution in [2.75, 3.05) is 11.5 Å². The molecule has 0 aromatic rings. The molecule has 1 heterocycles. The third-order valence-electron chi connectivity index (χ3n) is 1.20. The van der Waals surface area contributed by atoms with Crippen molar-refractivity contribution in [2.45, 2.75) is 0 Å². The monoisotopic (exact) mass is 252 g/mol. The van der Waals surface area contributed by atoms with E-state index in [4.69, 9.17) is 0 Å². The van der Waals surface area contributed by atoms with E-state index in [0.717, 1.165) is 4.90 Å². The predicted molar refractivity (Wildman–Crippen MR) is 44.5 cm³/mol. The first-order valence-corrected chi connectivity index (χ1v) is 4.15. The van der Waals surface area contributed by atoms with Crippen LogP contribution in [0.25, 0.3) is 0 Å². The number of halogens is 1. The molecule has 1 rings (SSSR count). The van der Waals surface area contributed by atoms with Crippen LogP contribution in [0.3, 0.4) is 0 Å². The van der Waals surface area contributed by atoms with Crippen molar-refractivity contribution in [3.63, 3.8) is 0 Å². The second-order valence-corrected chi connectivity index (χ2v) is 2.60. The maximum Gasteiger partial charge on any atom is 0.350 e. The highest BCUT2D eigenvalue weighted by Gasteiger charge is 2.28. The van der Waals surface area contributed by atoms with Gasteiger partial charge in [-0.05, 0) is 0 Å². The SMILES string of the molecule is CN1C(=O)N=C(CI)C1=O. The second kappa shape index (κ2) is 2.65. The van der Waals surface area contributed by atoms with Gasteiger partial charge < -0.3 is 0 Å². The number of alkyl halides is 1. The number of amides is 3. The lowest BCUT2D eigenvalue weighted by molar-refractivity contribution is -0.119. The molecule has 5 heteroatoms. The van der Waals surface area contributed by atoms with Crippen molar-refractivity contribution in [1.29, 1.82) is 0 Å². The van der Waals surface area contributed by atoms with Gasteiger partial charge in [-0.25, -0.2) is 4.79 Å². The van der Waals surface area contributed by atoms with Crippen molar-refractivity contribution in [3.05, 3.63) is 0 Å². The first kappa shape index (κ1) is 7.64. The van der Waals surface area contributed by atoms with E-state index in [0.29, 0.717) is 10.1 Å². The number of aliphatic imine (C=N–C) groups is 1. The number of urea groups is 1. The molecular weight excluding hydrogens is 247 g/mol. The number of hydrogen-bond donors (Lipinski definition) is 0. The van der Waals surface area contributed by atoms with Crippen molar-refractivity contribution >= 4 is 40.2 Å². The average molecular weight is 252 g/mol. The highest BCUT2D eigenvalue weighted by molar-refractivity contribution is 14.1. The Kier molecular flexibility index (Phi) is 2.02. The van der Waals surface area contributed by atoms with E-state index in [1.165, 1.54) is 7.05 Å². The number of imide groups is 1. The van der Waals surface area contributed by atoms with Crippen LogP contribution in [0, 0.1) is 0 Å². The molecule has 0 saturated heterocycles. The van der Waals surface area contributed by atoms with Crippen molar-refractivity contribution < 1.29 is 9.59 Å². The summed E-state index contributed by atoms with van der Waals surface area (Å²) in [5, 5.41) is 0. The van der Waals surface area contributed by atoms with Gasteiger partial charge in [-0.2, -0.15) is 4.99 Å². The summed E-state index contributed by atoms with van der Waals surface area (Å²) in [6.45, 7) is 0. The van der Waals surface area contributed by atoms with Crippen LogP contribution in [0.5, 0.6) is 0 Å². The summed E-state index contributed by atoms with van der Waals surface area (Å²) in [7, 11) is 1.42. The third-order valence-corrected chi connectivity index (χ3v) is 1.92. The molecule has 3 amide bonds. The van der Waals surface area contributed by atoms with Gasteiger partial charge >= 0.3 is 6.03 Å². The van der Waals surface area contributed by atoms with Crippen LogP contribution in [0.2, 0.25) is 0 Å². The van der Waals surface area contributed by atoms with E-state index in [9.17, 15) is 9.59 Å². The molecule has 0 aliphatic carbocycles. The fourth-order valence-corrected chi connectivity index (χ4v) is 1.10. The molecule has 4 nitrogen and oxygen atoms in total. The van der Waals surface area contributed by atoms with E-state index in [1.807, 2.05) is 22.6 Å². The molecule has 0 aromatic heterocycles. The summed E-state index contributed by atoms with van der Waals surface area (Å²) in [5.74, 6) is -0.278. The molecule has 0 fully saturated rings. The molecule has 0 aromatic carbocycles. The Labute approximate surface area is 71.4 Å². The van der Waals surface area contributed by atoms with Gasteiger partial charge in [0.1, 0.15) is 5.71 Å². The molecule has 0 bridgehead atoms. The van der Waals surface area contributed by atoms with E-state index in [1.54, 1.807) is 0 Å². The largest absolute Gasteiger partial charge is 0.350 e. The zero-order chi connectivity index (χ0) is 7.72. The van der Waals surface area contributed by atoms with Gasteiger partial charge in [-0.1, -0.05) is 22.6 Å². The maximum atomic E-state index is 10.9. The minimum absolute atomic E-state index is 0.278. The fourth-order valence-electron chi connectivity index (χ4n) is 0.606. The summed E-state index contributed by atoms with van der Waals surface area (Å²) in [6.07, 6.45) is 0. The maximum absolute atomic E-state index is 10.9. The minimum atomic E-state index is -0.461. The lowest BCUT2D eigenvalue weighted by atomic mass is 10.4. The summed E-state index contributed by atoms with van der Waals surface area (Å²) < 4.78 is 0.493. The number of hydrogen-bond acceptors (Lipinski definition) is 2. The Bertz CT molecular complexity index is 224. The minimum Gasteiger partial charge on any atom is -0.267 e. The van der Waals surface area contributed by atoms with E-state index in [-0.39, 0.29) is 5.91 Å². The van der Waals surface area contributed by atoms with Gasteiger partial charge in [-0.3, -0.25) is 9.69 Å². The quantitative estimate of drug-likeness (QED) is 0.502. The molecule has 54 valence electrons. The molecule has 0 atom stereocenters. The van der Waals surface area contributed by atoms with Crippen LogP contribution >= 0.6 is 22.6 Å². The number of carbonyl (C=O) groups excluding carboxylic acids is 2. The zero-order valence-electron chi connectivity index (χ0n) is 5.30. The van der Waals surface area contributed by atoms with Crippen LogP contribution in [-0.2, 0) is 4.79 Å². The first-order chi connectivity index (χ1) is 4.66. The molecule has 0 radical (unpaired) electrons. The molecule has 10 heavy (non-hydrogen) atoms. The number of nitrogens with zero attached hydrogens (tertiary/aromatic N) is 2. The summed E-state index contributed by atoms with van der Waals surface area (Å²) in [6, 6.07) is -0.461. The zero-order valence-corrected chi connectivity index (χ0v) is 7.45. The van der Waals surface area contributed by atoms with Gasteiger partial charge in [0, 0.05) is 11.5 Å². The van der Waals surface area contributed by atoms with E-state index < -0.39 is 6.03 Å². The Hall–Kier alpha value is -0.460. The number of carbonyl (C=O) groups is 2. The van der Waals surface area contributed by atoms with Gasteiger partial charge in [0.05, 0.1) is 0 Å². The summed E-state index contributed by atoms with van der Waals surface area (Å²) in [4.78, 5) is 26.1. The normalized spacial score (nSPS) is 18.2. The Morgan fingerprint density at radius 2 is 2.20 bits per heavy atom. The van der Waals surface area contributed by atoms with Crippen molar-refractivity contribution in [3.8, 4) is 0 Å². The van der Waals surface area contributed by atoms with Crippen LogP contribution in [-0.4, -0.2) is 34.0 Å². The van der Waals surface area contributed by atoms with Gasteiger partial charge in [0.25, 0.3) is 5.91 Å². The van der Waals surface area contributed by atoms with Crippen LogP contribution < -0.4 is 0 Å². The van der Waals surface area contributed by atoms with Crippen LogP contribution in [0.4, 0.5) is 4.79 Å². The first-order valence-electron chi connectivity index (χ1n) is 2.62. The molecular formula is C5H5IN2O2. The Morgan fingerprint density at radius 3 is 2.40 bits per heavy atom. The van der Waals surface area contributed by atoms with Gasteiger partial charge in [0.2, 0.25) is 0 Å². The van der Waals surface area contributed by atoms with Gasteiger partial charge in [0.15, 0.2) is 0 Å². The van der Waals surface area contributed by atoms with Gasteiger partial charge in [-0.15, -0.1) is 0 Å². The molecule has 1 aliphatic heterocycles. The van der Waals surface area contributed by atoms with Crippen LogP contribution in [0.15, 0.2) is 4.99 Å². The fraction of sp³-hybridized carbons (Fsp3) is 0.400. The Morgan fingerprint density at radius 1 is 1.60 bits per heavy atom. The highest BCUT2D eigenvalue weighted by Crippen LogP contribution is 2.04. The molecule has 0 spiro atoms. The summed E-state index contributed by atoms with van der Waals surface area (Å²) >= 11 is 1.99. The number of rotatable bonds is 1. The lowest BCUT2D eigenvalue weighted by Crippen LogP contribution is -2.28. The van der Waals surface area contributed by atoms with E-state index in [2.05, 4.69) is 4.99 Å². The van der Waals surface area contributed by atoms with Crippen molar-refractivity contribution in [1.82, 2.24) is 4.90 Å². The molecule has 1 aliphatic rings. The second-order valence-electron chi connectivity index (χ2n) is 1.84. The molecule has 0 unspecified atom stereocenters. The average Bonchev–Trinajstić information content (AvgIpc) is 2.17. The van der Waals surface area contributed by atoms with E-state index >= 15 is 0 Å². The molecule has 0 saturated carbocycles. The Balaban J connectivity index is 2.89. The third kappa shape index (κ3) is 1.05. The van der Waals surface area contributed by atoms with Crippen molar-refractivity contribution in [2.24, 2.45) is 4.99 Å². The van der Waals surface area contributed by atoms with Crippen LogP contribution in [0.1, 0.15) is 0 Å².